The quantitative estimate of drug-likeness (QED) is 0.390. The minimum Gasteiger partial charge on any atom is -0.372 e. The average Bonchev–Trinajstić information content (AvgIpc) is 3.12. The summed E-state index contributed by atoms with van der Waals surface area (Å²) < 4.78 is 27.0. The summed E-state index contributed by atoms with van der Waals surface area (Å²) in [6.45, 7) is 3.89. The summed E-state index contributed by atoms with van der Waals surface area (Å²) in [4.78, 5) is 29.2. The Kier molecular flexibility index (Phi) is 8.48. The number of hydrogen-bond donors (Lipinski definition) is 1. The summed E-state index contributed by atoms with van der Waals surface area (Å²) in [6, 6.07) is 15.6. The van der Waals surface area contributed by atoms with Crippen molar-refractivity contribution in [2.45, 2.75) is 37.5 Å². The van der Waals surface area contributed by atoms with E-state index in [0.717, 1.165) is 41.2 Å². The van der Waals surface area contributed by atoms with Gasteiger partial charge in [-0.1, -0.05) is 74.1 Å². The van der Waals surface area contributed by atoms with Gasteiger partial charge in [-0.05, 0) is 54.7 Å². The van der Waals surface area contributed by atoms with Gasteiger partial charge in [-0.2, -0.15) is 0 Å². The van der Waals surface area contributed by atoms with E-state index in [4.69, 9.17) is 12.2 Å². The lowest BCUT2D eigenvalue weighted by Gasteiger charge is -2.33. The van der Waals surface area contributed by atoms with E-state index in [2.05, 4.69) is 24.0 Å². The second-order valence-electron chi connectivity index (χ2n) is 8.92. The van der Waals surface area contributed by atoms with E-state index in [0.29, 0.717) is 4.91 Å². The molecule has 0 bridgehead atoms. The zero-order valence-electron chi connectivity index (χ0n) is 20.1. The third-order valence-corrected chi connectivity index (χ3v) is 9.11. The molecule has 190 valence electrons. The normalized spacial score (nSPS) is 18.2. The van der Waals surface area contributed by atoms with Gasteiger partial charge in [0.1, 0.15) is 10.9 Å². The highest BCUT2D eigenvalue weighted by molar-refractivity contribution is 8.26. The third-order valence-electron chi connectivity index (χ3n) is 6.34. The number of anilines is 1. The number of benzene rings is 2. The molecule has 2 fully saturated rings. The van der Waals surface area contributed by atoms with Crippen LogP contribution in [0.3, 0.4) is 0 Å². The van der Waals surface area contributed by atoms with Crippen LogP contribution >= 0.6 is 24.0 Å². The molecule has 0 spiro atoms. The standard InChI is InChI=1S/C26H29N3O4S3/c1-2-6-19-13-15-28(16-14-19)21-11-9-20(10-12-21)17-23-25(31)29(26(34)35-23)18-24(30)27-36(32,33)22-7-4-3-5-8-22/h3-5,7-12,17,19H,2,6,13-16,18H2,1H3,(H,27,30)/b23-17-. The number of hydrogen-bond acceptors (Lipinski definition) is 7. The van der Waals surface area contributed by atoms with E-state index in [1.165, 1.54) is 43.5 Å². The molecule has 1 N–H and O–H groups in total. The second-order valence-corrected chi connectivity index (χ2v) is 12.3. The smallest absolute Gasteiger partial charge is 0.266 e. The van der Waals surface area contributed by atoms with Crippen LogP contribution in [0.1, 0.15) is 38.2 Å². The van der Waals surface area contributed by atoms with Crippen LogP contribution in [-0.2, 0) is 19.6 Å². The fraction of sp³-hybridized carbons (Fsp3) is 0.346. The van der Waals surface area contributed by atoms with Gasteiger partial charge in [-0.15, -0.1) is 0 Å². The minimum atomic E-state index is -4.02. The first-order valence-electron chi connectivity index (χ1n) is 12.0. The van der Waals surface area contributed by atoms with E-state index in [1.54, 1.807) is 24.3 Å². The van der Waals surface area contributed by atoms with Gasteiger partial charge in [-0.3, -0.25) is 14.5 Å². The molecular weight excluding hydrogens is 515 g/mol. The fourth-order valence-corrected chi connectivity index (χ4v) is 6.69. The zero-order chi connectivity index (χ0) is 25.7. The first kappa shape index (κ1) is 26.4. The molecule has 0 aliphatic carbocycles. The highest BCUT2D eigenvalue weighted by Crippen LogP contribution is 2.33. The molecule has 2 saturated heterocycles. The number of nitrogens with zero attached hydrogens (tertiary/aromatic N) is 2. The Morgan fingerprint density at radius 3 is 2.42 bits per heavy atom. The van der Waals surface area contributed by atoms with Gasteiger partial charge in [0, 0.05) is 18.8 Å². The van der Waals surface area contributed by atoms with Crippen molar-refractivity contribution in [1.29, 1.82) is 0 Å². The van der Waals surface area contributed by atoms with Crippen molar-refractivity contribution in [3.8, 4) is 0 Å². The van der Waals surface area contributed by atoms with E-state index < -0.39 is 28.4 Å². The molecule has 2 aliphatic rings. The van der Waals surface area contributed by atoms with Gasteiger partial charge >= 0.3 is 0 Å². The van der Waals surface area contributed by atoms with Crippen LogP contribution in [0, 0.1) is 5.92 Å². The molecule has 4 rings (SSSR count). The molecule has 2 aliphatic heterocycles. The van der Waals surface area contributed by atoms with Gasteiger partial charge in [-0.25, -0.2) is 13.1 Å². The molecule has 0 saturated carbocycles. The molecule has 0 atom stereocenters. The van der Waals surface area contributed by atoms with Gasteiger partial charge in [0.2, 0.25) is 0 Å². The van der Waals surface area contributed by atoms with Crippen LogP contribution in [0.4, 0.5) is 5.69 Å². The van der Waals surface area contributed by atoms with Crippen LogP contribution < -0.4 is 9.62 Å². The van der Waals surface area contributed by atoms with Crippen molar-refractivity contribution >= 4 is 61.9 Å². The molecule has 7 nitrogen and oxygen atoms in total. The van der Waals surface area contributed by atoms with Crippen molar-refractivity contribution in [3.05, 3.63) is 65.1 Å². The van der Waals surface area contributed by atoms with Crippen LogP contribution in [0.2, 0.25) is 0 Å². The summed E-state index contributed by atoms with van der Waals surface area (Å²) in [7, 11) is -4.02. The van der Waals surface area contributed by atoms with E-state index in [-0.39, 0.29) is 9.22 Å². The number of rotatable bonds is 8. The van der Waals surface area contributed by atoms with Gasteiger partial charge in [0.15, 0.2) is 0 Å². The first-order chi connectivity index (χ1) is 17.3. The first-order valence-corrected chi connectivity index (χ1v) is 14.7. The number of carbonyl (C=O) groups excluding carboxylic acids is 2. The average molecular weight is 544 g/mol. The number of carbonyl (C=O) groups is 2. The number of thioether (sulfide) groups is 1. The molecule has 2 aromatic rings. The molecule has 10 heteroatoms. The lowest BCUT2D eigenvalue weighted by molar-refractivity contribution is -0.127. The molecule has 0 aromatic heterocycles. The lowest BCUT2D eigenvalue weighted by atomic mass is 9.92. The molecule has 2 heterocycles. The van der Waals surface area contributed by atoms with E-state index in [1.807, 2.05) is 16.9 Å². The number of nitrogens with one attached hydrogen (secondary N) is 1. The van der Waals surface area contributed by atoms with Crippen molar-refractivity contribution in [1.82, 2.24) is 9.62 Å². The fourth-order valence-electron chi connectivity index (χ4n) is 4.44. The maximum atomic E-state index is 12.9. The van der Waals surface area contributed by atoms with Gasteiger partial charge < -0.3 is 4.90 Å². The van der Waals surface area contributed by atoms with Crippen LogP contribution in [0.25, 0.3) is 6.08 Å². The SMILES string of the molecule is CCCC1CCN(c2ccc(/C=C3\SC(=S)N(CC(=O)NS(=O)(=O)c4ccccc4)C3=O)cc2)CC1. The minimum absolute atomic E-state index is 0.0302. The Hall–Kier alpha value is -2.69. The summed E-state index contributed by atoms with van der Waals surface area (Å²) in [5.74, 6) is -0.421. The molecular formula is C26H29N3O4S3. The number of piperidine rings is 1. The van der Waals surface area contributed by atoms with Crippen LogP contribution in [0.15, 0.2) is 64.4 Å². The van der Waals surface area contributed by atoms with Crippen molar-refractivity contribution in [2.75, 3.05) is 24.5 Å². The Morgan fingerprint density at radius 2 is 1.78 bits per heavy atom. The highest BCUT2D eigenvalue weighted by atomic mass is 32.2. The monoisotopic (exact) mass is 543 g/mol. The summed E-state index contributed by atoms with van der Waals surface area (Å²) in [6.07, 6.45) is 6.73. The maximum Gasteiger partial charge on any atom is 0.266 e. The highest BCUT2D eigenvalue weighted by Gasteiger charge is 2.34. The topological polar surface area (TPSA) is 86.8 Å². The lowest BCUT2D eigenvalue weighted by Crippen LogP contribution is -2.41. The van der Waals surface area contributed by atoms with E-state index >= 15 is 0 Å². The van der Waals surface area contributed by atoms with Crippen LogP contribution in [-0.4, -0.2) is 49.1 Å². The second kappa shape index (κ2) is 11.6. The van der Waals surface area contributed by atoms with Gasteiger partial charge in [0.25, 0.3) is 21.8 Å². The van der Waals surface area contributed by atoms with Gasteiger partial charge in [0.05, 0.1) is 9.80 Å². The molecule has 36 heavy (non-hydrogen) atoms. The summed E-state index contributed by atoms with van der Waals surface area (Å²) >= 11 is 6.39. The number of sulfonamides is 1. The van der Waals surface area contributed by atoms with Crippen molar-refractivity contribution < 1.29 is 18.0 Å². The number of amides is 2. The third kappa shape index (κ3) is 6.35. The predicted molar refractivity (Wildman–Crippen MR) is 148 cm³/mol. The molecule has 2 aromatic carbocycles. The Balaban J connectivity index is 1.36. The Morgan fingerprint density at radius 1 is 1.11 bits per heavy atom. The number of thiocarbonyl (C=S) groups is 1. The molecule has 2 amide bonds. The van der Waals surface area contributed by atoms with Crippen LogP contribution in [0.5, 0.6) is 0 Å². The summed E-state index contributed by atoms with van der Waals surface area (Å²) in [5, 5.41) is 0. The maximum absolute atomic E-state index is 12.9. The van der Waals surface area contributed by atoms with Crippen molar-refractivity contribution in [3.63, 3.8) is 0 Å². The Labute approximate surface area is 222 Å². The molecule has 0 unspecified atom stereocenters. The largest absolute Gasteiger partial charge is 0.372 e. The van der Waals surface area contributed by atoms with E-state index in [9.17, 15) is 18.0 Å². The summed E-state index contributed by atoms with van der Waals surface area (Å²) in [5.41, 5.74) is 2.03. The van der Waals surface area contributed by atoms with Crippen molar-refractivity contribution in [2.24, 2.45) is 5.92 Å². The molecule has 0 radical (unpaired) electrons. The Bertz CT molecular complexity index is 1250. The predicted octanol–water partition coefficient (Wildman–Crippen LogP) is 4.41. The zero-order valence-corrected chi connectivity index (χ0v) is 22.5.